The summed E-state index contributed by atoms with van der Waals surface area (Å²) in [6, 6.07) is 8.98. The zero-order chi connectivity index (χ0) is 24.4. The minimum absolute atomic E-state index is 0.0884. The highest BCUT2D eigenvalue weighted by Gasteiger charge is 2.23. The van der Waals surface area contributed by atoms with Crippen molar-refractivity contribution in [1.82, 2.24) is 0 Å². The normalized spacial score (nSPS) is 9.84. The lowest BCUT2D eigenvalue weighted by Crippen LogP contribution is -2.19. The number of para-hydroxylation sites is 2. The molecule has 0 atom stereocenters. The molecule has 13 heteroatoms. The van der Waals surface area contributed by atoms with Gasteiger partial charge in [0, 0.05) is 17.5 Å². The molecule has 0 spiro atoms. The number of ketones is 1. The molecule has 0 amide bonds. The molecule has 0 bridgehead atoms. The third-order valence-corrected chi connectivity index (χ3v) is 4.98. The lowest BCUT2D eigenvalue weighted by atomic mass is 10.1. The van der Waals surface area contributed by atoms with Gasteiger partial charge in [-0.3, -0.25) is 29.8 Å². The van der Waals surface area contributed by atoms with Gasteiger partial charge < -0.3 is 9.84 Å². The Bertz CT molecular complexity index is 1060. The number of nitro groups is 2. The number of carbonyl (C=O) groups excluding carboxylic acids is 2. The first-order chi connectivity index (χ1) is 15.0. The van der Waals surface area contributed by atoms with Crippen molar-refractivity contribution in [3.63, 3.8) is 0 Å². The van der Waals surface area contributed by atoms with Gasteiger partial charge in [0.05, 0.1) is 31.8 Å². The number of esters is 1. The van der Waals surface area contributed by atoms with Gasteiger partial charge in [0.15, 0.2) is 0 Å². The SMILES string of the molecule is CCOC(=O)C(=O)Cc1cccc(Br)c1[N+](=O)[O-].O=C(O)Cc1cccc(Br)c1[N+](=O)[O-]. The summed E-state index contributed by atoms with van der Waals surface area (Å²) in [5.74, 6) is -2.88. The van der Waals surface area contributed by atoms with E-state index >= 15 is 0 Å². The number of Topliss-reactive ketones (excluding diaryl/α,β-unsaturated/α-hetero) is 1. The molecule has 0 aromatic heterocycles. The van der Waals surface area contributed by atoms with Crippen molar-refractivity contribution in [2.75, 3.05) is 6.61 Å². The topological polar surface area (TPSA) is 167 Å². The van der Waals surface area contributed by atoms with Crippen LogP contribution in [0.25, 0.3) is 0 Å². The fourth-order valence-corrected chi connectivity index (χ4v) is 3.54. The summed E-state index contributed by atoms with van der Waals surface area (Å²) in [6.07, 6.45) is -0.704. The van der Waals surface area contributed by atoms with Crippen molar-refractivity contribution in [3.8, 4) is 0 Å². The number of benzene rings is 2. The average molecular weight is 576 g/mol. The minimum atomic E-state index is -1.09. The molecule has 2 aromatic rings. The van der Waals surface area contributed by atoms with E-state index < -0.39 is 27.6 Å². The van der Waals surface area contributed by atoms with Gasteiger partial charge in [0.2, 0.25) is 5.78 Å². The van der Waals surface area contributed by atoms with E-state index in [0.717, 1.165) is 0 Å². The van der Waals surface area contributed by atoms with Gasteiger partial charge in [0.25, 0.3) is 11.4 Å². The monoisotopic (exact) mass is 574 g/mol. The van der Waals surface area contributed by atoms with Crippen molar-refractivity contribution >= 4 is 61.0 Å². The molecule has 0 aliphatic heterocycles. The number of hydrogen-bond donors (Lipinski definition) is 1. The van der Waals surface area contributed by atoms with Gasteiger partial charge in [-0.15, -0.1) is 0 Å². The lowest BCUT2D eigenvalue weighted by Gasteiger charge is -2.03. The summed E-state index contributed by atoms with van der Waals surface area (Å²) in [4.78, 5) is 53.3. The molecule has 0 saturated carbocycles. The lowest BCUT2D eigenvalue weighted by molar-refractivity contribution is -0.386. The zero-order valence-corrected chi connectivity index (χ0v) is 19.6. The fourth-order valence-electron chi connectivity index (χ4n) is 2.43. The van der Waals surface area contributed by atoms with E-state index in [-0.39, 0.29) is 46.4 Å². The van der Waals surface area contributed by atoms with E-state index in [4.69, 9.17) is 5.11 Å². The second-order valence-electron chi connectivity index (χ2n) is 5.90. The van der Waals surface area contributed by atoms with E-state index in [9.17, 15) is 34.6 Å². The van der Waals surface area contributed by atoms with Crippen LogP contribution in [0.3, 0.4) is 0 Å². The maximum Gasteiger partial charge on any atom is 0.374 e. The number of carboxylic acids is 1. The van der Waals surface area contributed by atoms with Crippen LogP contribution in [0.2, 0.25) is 0 Å². The highest BCUT2D eigenvalue weighted by atomic mass is 79.9. The Kier molecular flexibility index (Phi) is 10.6. The zero-order valence-electron chi connectivity index (χ0n) is 16.4. The predicted molar refractivity (Wildman–Crippen MR) is 118 cm³/mol. The van der Waals surface area contributed by atoms with Crippen LogP contribution in [0.15, 0.2) is 45.3 Å². The summed E-state index contributed by atoms with van der Waals surface area (Å²) in [6.45, 7) is 1.66. The molecule has 1 N–H and O–H groups in total. The van der Waals surface area contributed by atoms with E-state index in [1.165, 1.54) is 24.3 Å². The van der Waals surface area contributed by atoms with Crippen LogP contribution in [0.5, 0.6) is 0 Å². The van der Waals surface area contributed by atoms with Crippen molar-refractivity contribution in [2.24, 2.45) is 0 Å². The highest BCUT2D eigenvalue weighted by molar-refractivity contribution is 9.11. The maximum atomic E-state index is 11.5. The molecular formula is C19H16Br2N2O9. The smallest absolute Gasteiger partial charge is 0.374 e. The van der Waals surface area contributed by atoms with E-state index in [2.05, 4.69) is 36.6 Å². The Morgan fingerprint density at radius 1 is 0.906 bits per heavy atom. The van der Waals surface area contributed by atoms with Crippen LogP contribution in [-0.4, -0.2) is 39.3 Å². The Morgan fingerprint density at radius 2 is 1.34 bits per heavy atom. The number of ether oxygens (including phenoxy) is 1. The molecule has 2 aromatic carbocycles. The first-order valence-electron chi connectivity index (χ1n) is 8.74. The molecule has 0 aliphatic rings. The molecular weight excluding hydrogens is 560 g/mol. The second kappa shape index (κ2) is 12.6. The Labute approximate surface area is 197 Å². The van der Waals surface area contributed by atoms with Crippen molar-refractivity contribution in [2.45, 2.75) is 19.8 Å². The van der Waals surface area contributed by atoms with Crippen molar-refractivity contribution in [1.29, 1.82) is 0 Å². The van der Waals surface area contributed by atoms with E-state index in [0.29, 0.717) is 4.47 Å². The van der Waals surface area contributed by atoms with Crippen molar-refractivity contribution < 1.29 is 34.1 Å². The van der Waals surface area contributed by atoms with Crippen molar-refractivity contribution in [3.05, 3.63) is 76.7 Å². The van der Waals surface area contributed by atoms with Crippen LogP contribution >= 0.6 is 31.9 Å². The fraction of sp³-hybridized carbons (Fsp3) is 0.211. The molecule has 11 nitrogen and oxygen atoms in total. The summed E-state index contributed by atoms with van der Waals surface area (Å²) in [7, 11) is 0. The number of rotatable bonds is 8. The summed E-state index contributed by atoms with van der Waals surface area (Å²) in [5.41, 5.74) is -0.0330. The number of halogens is 2. The second-order valence-corrected chi connectivity index (χ2v) is 7.61. The number of nitrogens with zero attached hydrogens (tertiary/aromatic N) is 2. The molecule has 0 aliphatic carbocycles. The van der Waals surface area contributed by atoms with Crippen LogP contribution in [0.1, 0.15) is 18.1 Å². The number of hydrogen-bond acceptors (Lipinski definition) is 8. The Hall–Kier alpha value is -3.19. The molecule has 170 valence electrons. The number of aliphatic carboxylic acids is 1. The molecule has 0 heterocycles. The molecule has 32 heavy (non-hydrogen) atoms. The summed E-state index contributed by atoms with van der Waals surface area (Å²) >= 11 is 6.04. The van der Waals surface area contributed by atoms with Gasteiger partial charge in [-0.05, 0) is 50.9 Å². The largest absolute Gasteiger partial charge is 0.481 e. The summed E-state index contributed by atoms with van der Waals surface area (Å²) < 4.78 is 5.09. The summed E-state index contributed by atoms with van der Waals surface area (Å²) in [5, 5.41) is 30.0. The molecule has 0 saturated heterocycles. The molecule has 0 unspecified atom stereocenters. The minimum Gasteiger partial charge on any atom is -0.481 e. The molecule has 0 radical (unpaired) electrons. The molecule has 0 fully saturated rings. The Balaban J connectivity index is 0.000000330. The average Bonchev–Trinajstić information content (AvgIpc) is 2.67. The first-order valence-corrected chi connectivity index (χ1v) is 10.3. The van der Waals surface area contributed by atoms with Crippen LogP contribution in [-0.2, 0) is 32.0 Å². The molecule has 2 rings (SSSR count). The highest BCUT2D eigenvalue weighted by Crippen LogP contribution is 2.29. The third-order valence-electron chi connectivity index (χ3n) is 3.70. The first kappa shape index (κ1) is 26.8. The van der Waals surface area contributed by atoms with Gasteiger partial charge in [0.1, 0.15) is 0 Å². The quantitative estimate of drug-likeness (QED) is 0.211. The van der Waals surface area contributed by atoms with Gasteiger partial charge in [-0.2, -0.15) is 0 Å². The third kappa shape index (κ3) is 7.81. The van der Waals surface area contributed by atoms with E-state index in [1.807, 2.05) is 0 Å². The number of carboxylic acid groups (broad SMARTS) is 1. The number of nitro benzene ring substituents is 2. The van der Waals surface area contributed by atoms with Crippen LogP contribution in [0, 0.1) is 20.2 Å². The van der Waals surface area contributed by atoms with Gasteiger partial charge >= 0.3 is 11.9 Å². The number of carbonyl (C=O) groups is 3. The van der Waals surface area contributed by atoms with E-state index in [1.54, 1.807) is 19.1 Å². The Morgan fingerprint density at radius 3 is 1.72 bits per heavy atom. The predicted octanol–water partition coefficient (Wildman–Crippen LogP) is 4.02. The van der Waals surface area contributed by atoms with Gasteiger partial charge in [-0.1, -0.05) is 24.3 Å². The van der Waals surface area contributed by atoms with Crippen LogP contribution in [0.4, 0.5) is 11.4 Å². The standard InChI is InChI=1S/C11H10BrNO5.C8H6BrNO4/c1-2-18-11(15)9(14)6-7-4-3-5-8(12)10(7)13(16)17;9-6-3-1-2-5(4-7(11)12)8(6)10(13)14/h3-5H,2,6H2,1H3;1-3H,4H2,(H,11,12). The maximum absolute atomic E-state index is 11.5. The van der Waals surface area contributed by atoms with Crippen LogP contribution < -0.4 is 0 Å². The van der Waals surface area contributed by atoms with Gasteiger partial charge in [-0.25, -0.2) is 4.79 Å².